The van der Waals surface area contributed by atoms with E-state index in [1.54, 1.807) is 12.4 Å². The summed E-state index contributed by atoms with van der Waals surface area (Å²) in [5, 5.41) is 2.15. The maximum atomic E-state index is 13.3. The van der Waals surface area contributed by atoms with Gasteiger partial charge in [0, 0.05) is 17.0 Å². The molecule has 1 N–H and O–H groups in total. The molecule has 1 fully saturated rings. The number of nitrogens with one attached hydrogen (secondary N) is 1. The Labute approximate surface area is 177 Å². The van der Waals surface area contributed by atoms with E-state index in [1.165, 1.54) is 23.0 Å². The number of benzene rings is 3. The quantitative estimate of drug-likeness (QED) is 0.470. The summed E-state index contributed by atoms with van der Waals surface area (Å²) in [6, 6.07) is 21.6. The molecule has 2 heterocycles. The largest absolute Gasteiger partial charge is 0.333 e. The maximum Gasteiger partial charge on any atom is 0.333 e. The zero-order valence-electron chi connectivity index (χ0n) is 16.7. The predicted molar refractivity (Wildman–Crippen MR) is 123 cm³/mol. The molecule has 6 rings (SSSR count). The molecule has 0 bridgehead atoms. The number of aromatic nitrogens is 3. The van der Waals surface area contributed by atoms with Gasteiger partial charge in [0.15, 0.2) is 0 Å². The molecule has 0 amide bonds. The van der Waals surface area contributed by atoms with E-state index in [4.69, 9.17) is 0 Å². The van der Waals surface area contributed by atoms with Crippen molar-refractivity contribution in [2.75, 3.05) is 0 Å². The van der Waals surface area contributed by atoms with E-state index in [1.807, 2.05) is 48.5 Å². The third-order valence-electron chi connectivity index (χ3n) is 6.07. The van der Waals surface area contributed by atoms with Crippen molar-refractivity contribution in [1.29, 1.82) is 0 Å². The molecule has 5 heteroatoms. The monoisotopic (exact) mass is 405 g/mol. The Morgan fingerprint density at radius 2 is 1.68 bits per heavy atom. The van der Waals surface area contributed by atoms with Crippen molar-refractivity contribution in [3.63, 3.8) is 0 Å². The van der Waals surface area contributed by atoms with E-state index in [2.05, 4.69) is 28.2 Å². The van der Waals surface area contributed by atoms with Crippen molar-refractivity contribution >= 4 is 21.7 Å². The second-order valence-corrected chi connectivity index (χ2v) is 8.07. The molecule has 1 aliphatic carbocycles. The molecule has 31 heavy (non-hydrogen) atoms. The number of fused-ring (bicyclic) bond motifs is 2. The molecule has 0 aliphatic heterocycles. The van der Waals surface area contributed by atoms with Crippen LogP contribution in [0.3, 0.4) is 0 Å². The fourth-order valence-electron chi connectivity index (χ4n) is 4.39. The number of H-pyrrole nitrogens is 1. The molecule has 0 unspecified atom stereocenters. The first-order valence-corrected chi connectivity index (χ1v) is 10.4. The molecule has 0 saturated heterocycles. The van der Waals surface area contributed by atoms with E-state index < -0.39 is 5.69 Å². The fraction of sp³-hybridized carbons (Fsp3) is 0.115. The van der Waals surface area contributed by atoms with Gasteiger partial charge < -0.3 is 4.98 Å². The molecule has 5 nitrogen and oxygen atoms in total. The van der Waals surface area contributed by atoms with Crippen LogP contribution in [0.4, 0.5) is 0 Å². The zero-order valence-corrected chi connectivity index (χ0v) is 16.7. The van der Waals surface area contributed by atoms with Crippen LogP contribution in [0.5, 0.6) is 0 Å². The van der Waals surface area contributed by atoms with Crippen LogP contribution in [0.25, 0.3) is 38.5 Å². The van der Waals surface area contributed by atoms with Gasteiger partial charge in [0.1, 0.15) is 0 Å². The number of nitrogens with zero attached hydrogens (tertiary/aromatic N) is 2. The van der Waals surface area contributed by atoms with Crippen LogP contribution in [0, 0.1) is 0 Å². The number of hydrogen-bond acceptors (Lipinski definition) is 3. The standard InChI is InChI=1S/C26H19N3O2/c30-25-22-12-11-17(20-7-4-3-6-19(20)16-9-10-16)13-23(22)28-26(31)29(25)24-15-27-14-18-5-1-2-8-21(18)24/h1-8,11-16H,9-10H2,(H,28,31). The van der Waals surface area contributed by atoms with Crippen LogP contribution in [-0.2, 0) is 0 Å². The molecule has 3 aromatic carbocycles. The van der Waals surface area contributed by atoms with E-state index >= 15 is 0 Å². The number of pyridine rings is 1. The molecule has 1 aliphatic rings. The minimum Gasteiger partial charge on any atom is -0.306 e. The Morgan fingerprint density at radius 1 is 0.871 bits per heavy atom. The second kappa shape index (κ2) is 6.77. The summed E-state index contributed by atoms with van der Waals surface area (Å²) in [4.78, 5) is 33.5. The molecule has 5 aromatic rings. The molecular formula is C26H19N3O2. The number of rotatable bonds is 3. The molecule has 0 spiro atoms. The summed E-state index contributed by atoms with van der Waals surface area (Å²) in [6.07, 6.45) is 5.71. The van der Waals surface area contributed by atoms with Crippen LogP contribution in [-0.4, -0.2) is 14.5 Å². The van der Waals surface area contributed by atoms with Crippen LogP contribution < -0.4 is 11.2 Å². The SMILES string of the molecule is O=c1[nH]c2cc(-c3ccccc3C3CC3)ccc2c(=O)n1-c1cncc2ccccc12. The van der Waals surface area contributed by atoms with Crippen LogP contribution in [0.15, 0.2) is 88.7 Å². The smallest absolute Gasteiger partial charge is 0.306 e. The zero-order chi connectivity index (χ0) is 20.9. The van der Waals surface area contributed by atoms with Crippen molar-refractivity contribution in [1.82, 2.24) is 14.5 Å². The first-order chi connectivity index (χ1) is 15.2. The average Bonchev–Trinajstić information content (AvgIpc) is 3.64. The Balaban J connectivity index is 1.57. The first kappa shape index (κ1) is 17.8. The summed E-state index contributed by atoms with van der Waals surface area (Å²) in [6.45, 7) is 0. The lowest BCUT2D eigenvalue weighted by Crippen LogP contribution is -2.33. The molecule has 0 atom stereocenters. The van der Waals surface area contributed by atoms with Crippen molar-refractivity contribution in [2.24, 2.45) is 0 Å². The Kier molecular flexibility index (Phi) is 3.90. The highest BCUT2D eigenvalue weighted by Crippen LogP contribution is 2.44. The maximum absolute atomic E-state index is 13.3. The summed E-state index contributed by atoms with van der Waals surface area (Å²) in [5.41, 5.74) is 3.71. The van der Waals surface area contributed by atoms with Gasteiger partial charge in [-0.15, -0.1) is 0 Å². The van der Waals surface area contributed by atoms with Gasteiger partial charge >= 0.3 is 5.69 Å². The average molecular weight is 405 g/mol. The van der Waals surface area contributed by atoms with E-state index in [9.17, 15) is 9.59 Å². The summed E-state index contributed by atoms with van der Waals surface area (Å²) >= 11 is 0. The minimum atomic E-state index is -0.469. The van der Waals surface area contributed by atoms with Gasteiger partial charge in [0.05, 0.1) is 22.8 Å². The second-order valence-electron chi connectivity index (χ2n) is 8.07. The number of aromatic amines is 1. The van der Waals surface area contributed by atoms with Gasteiger partial charge in [-0.3, -0.25) is 9.78 Å². The fourth-order valence-corrected chi connectivity index (χ4v) is 4.39. The van der Waals surface area contributed by atoms with Gasteiger partial charge in [-0.1, -0.05) is 54.6 Å². The molecular weight excluding hydrogens is 386 g/mol. The van der Waals surface area contributed by atoms with Gasteiger partial charge in [0.25, 0.3) is 5.56 Å². The molecule has 0 radical (unpaired) electrons. The number of hydrogen-bond donors (Lipinski definition) is 1. The highest BCUT2D eigenvalue weighted by molar-refractivity contribution is 5.90. The van der Waals surface area contributed by atoms with E-state index in [0.717, 1.165) is 21.9 Å². The van der Waals surface area contributed by atoms with Gasteiger partial charge in [0.2, 0.25) is 0 Å². The van der Waals surface area contributed by atoms with E-state index in [0.29, 0.717) is 22.5 Å². The molecule has 2 aromatic heterocycles. The lowest BCUT2D eigenvalue weighted by molar-refractivity contribution is 0.902. The molecule has 1 saturated carbocycles. The van der Waals surface area contributed by atoms with E-state index in [-0.39, 0.29) is 5.56 Å². The molecule has 150 valence electrons. The minimum absolute atomic E-state index is 0.348. The van der Waals surface area contributed by atoms with Crippen molar-refractivity contribution in [3.8, 4) is 16.8 Å². The first-order valence-electron chi connectivity index (χ1n) is 10.4. The van der Waals surface area contributed by atoms with Crippen LogP contribution in [0.1, 0.15) is 24.3 Å². The Hall–Kier alpha value is -3.99. The van der Waals surface area contributed by atoms with Crippen molar-refractivity contribution < 1.29 is 0 Å². The highest BCUT2D eigenvalue weighted by atomic mass is 16.2. The lowest BCUT2D eigenvalue weighted by atomic mass is 9.96. The lowest BCUT2D eigenvalue weighted by Gasteiger charge is -2.12. The van der Waals surface area contributed by atoms with Gasteiger partial charge in [-0.05, 0) is 47.6 Å². The van der Waals surface area contributed by atoms with Gasteiger partial charge in [-0.2, -0.15) is 0 Å². The summed E-state index contributed by atoms with van der Waals surface area (Å²) < 4.78 is 1.18. The highest BCUT2D eigenvalue weighted by Gasteiger charge is 2.26. The summed E-state index contributed by atoms with van der Waals surface area (Å²) in [5.74, 6) is 0.609. The van der Waals surface area contributed by atoms with Crippen molar-refractivity contribution in [3.05, 3.63) is 106 Å². The Morgan fingerprint density at radius 3 is 2.55 bits per heavy atom. The van der Waals surface area contributed by atoms with Crippen LogP contribution >= 0.6 is 0 Å². The Bertz CT molecular complexity index is 1590. The normalized spacial score (nSPS) is 13.7. The summed E-state index contributed by atoms with van der Waals surface area (Å²) in [7, 11) is 0. The van der Waals surface area contributed by atoms with Gasteiger partial charge in [-0.25, -0.2) is 9.36 Å². The third kappa shape index (κ3) is 2.89. The van der Waals surface area contributed by atoms with Crippen LogP contribution in [0.2, 0.25) is 0 Å². The predicted octanol–water partition coefficient (Wildman–Crippen LogP) is 4.77. The third-order valence-corrected chi connectivity index (χ3v) is 6.07. The topological polar surface area (TPSA) is 67.8 Å². The van der Waals surface area contributed by atoms with Crippen molar-refractivity contribution in [2.45, 2.75) is 18.8 Å².